The maximum absolute atomic E-state index is 2.56. The summed E-state index contributed by atoms with van der Waals surface area (Å²) in [5.41, 5.74) is 2.64. The van der Waals surface area contributed by atoms with Gasteiger partial charge < -0.3 is 0 Å². The highest BCUT2D eigenvalue weighted by Crippen LogP contribution is 2.25. The van der Waals surface area contributed by atoms with E-state index in [4.69, 9.17) is 0 Å². The van der Waals surface area contributed by atoms with Gasteiger partial charge in [-0.1, -0.05) is 30.3 Å². The average molecular weight is 284 g/mol. The predicted molar refractivity (Wildman–Crippen MR) is 87.5 cm³/mol. The number of anilines is 1. The van der Waals surface area contributed by atoms with Crippen molar-refractivity contribution >= 4 is 5.82 Å². The van der Waals surface area contributed by atoms with Crippen molar-refractivity contribution in [1.29, 1.82) is 0 Å². The van der Waals surface area contributed by atoms with Crippen molar-refractivity contribution in [1.82, 2.24) is 4.68 Å². The fraction of sp³-hybridized carbons (Fsp3) is 0.500. The van der Waals surface area contributed by atoms with Gasteiger partial charge in [-0.2, -0.15) is 4.68 Å². The molecule has 1 fully saturated rings. The number of rotatable bonds is 4. The van der Waals surface area contributed by atoms with Crippen LogP contribution in [0, 0.1) is 0 Å². The van der Waals surface area contributed by atoms with Gasteiger partial charge in [0.15, 0.2) is 0 Å². The summed E-state index contributed by atoms with van der Waals surface area (Å²) in [4.78, 5) is 2.56. The van der Waals surface area contributed by atoms with Crippen LogP contribution in [0.4, 0.5) is 5.82 Å². The Bertz CT molecular complexity index is 580. The lowest BCUT2D eigenvalue weighted by Gasteiger charge is -2.21. The summed E-state index contributed by atoms with van der Waals surface area (Å²) in [6.07, 6.45) is 4.02. The van der Waals surface area contributed by atoms with Gasteiger partial charge in [-0.05, 0) is 33.1 Å². The standard InChI is InChI=1S/C18H26N3/c1-3-20-17(16-11-7-5-8-12-16)15-18(21(20)4-2)19-13-9-6-10-14-19/h5,7-8,11-12,15H,3-4,6,9-10,13-14H2,1-2H3/q+1. The molecule has 0 N–H and O–H groups in total. The zero-order valence-corrected chi connectivity index (χ0v) is 13.3. The van der Waals surface area contributed by atoms with Crippen LogP contribution in [-0.4, -0.2) is 17.8 Å². The normalized spacial score (nSPS) is 15.4. The molecule has 2 heterocycles. The number of hydrogen-bond acceptors (Lipinski definition) is 1. The van der Waals surface area contributed by atoms with Gasteiger partial charge in [-0.3, -0.25) is 4.90 Å². The Hall–Kier alpha value is -1.77. The predicted octanol–water partition coefficient (Wildman–Crippen LogP) is 3.47. The summed E-state index contributed by atoms with van der Waals surface area (Å²) in [6.45, 7) is 8.90. The minimum absolute atomic E-state index is 1.01. The van der Waals surface area contributed by atoms with Gasteiger partial charge in [-0.15, -0.1) is 0 Å². The molecular formula is C18H26N3+. The van der Waals surface area contributed by atoms with Crippen molar-refractivity contribution in [2.45, 2.75) is 46.2 Å². The van der Waals surface area contributed by atoms with E-state index in [-0.39, 0.29) is 0 Å². The maximum Gasteiger partial charge on any atom is 0.297 e. The SMILES string of the molecule is CCn1c(-c2ccccc2)cc(N2CCCCC2)[n+]1CC. The fourth-order valence-electron chi connectivity index (χ4n) is 3.42. The second-order valence-corrected chi connectivity index (χ2v) is 5.73. The summed E-state index contributed by atoms with van der Waals surface area (Å²) in [7, 11) is 0. The summed E-state index contributed by atoms with van der Waals surface area (Å²) >= 11 is 0. The van der Waals surface area contributed by atoms with Gasteiger partial charge in [0, 0.05) is 5.56 Å². The second kappa shape index (κ2) is 6.33. The molecule has 0 radical (unpaired) electrons. The zero-order chi connectivity index (χ0) is 14.7. The smallest absolute Gasteiger partial charge is 0.260 e. The van der Waals surface area contributed by atoms with Crippen LogP contribution in [0.5, 0.6) is 0 Å². The monoisotopic (exact) mass is 284 g/mol. The zero-order valence-electron chi connectivity index (χ0n) is 13.3. The maximum atomic E-state index is 2.56. The molecule has 0 unspecified atom stereocenters. The van der Waals surface area contributed by atoms with Crippen LogP contribution >= 0.6 is 0 Å². The number of benzene rings is 1. The molecule has 3 rings (SSSR count). The Kier molecular flexibility index (Phi) is 4.28. The molecule has 1 aliphatic heterocycles. The Labute approximate surface area is 127 Å². The first-order chi connectivity index (χ1) is 10.3. The molecule has 1 aromatic heterocycles. The third kappa shape index (κ3) is 2.69. The van der Waals surface area contributed by atoms with Crippen molar-refractivity contribution in [3.05, 3.63) is 36.4 Å². The third-order valence-electron chi connectivity index (χ3n) is 4.45. The second-order valence-electron chi connectivity index (χ2n) is 5.73. The summed E-state index contributed by atoms with van der Waals surface area (Å²) in [5, 5.41) is 0. The molecule has 0 amide bonds. The molecule has 0 bridgehead atoms. The summed E-state index contributed by atoms with van der Waals surface area (Å²) in [5.74, 6) is 1.39. The van der Waals surface area contributed by atoms with Gasteiger partial charge in [0.1, 0.15) is 6.54 Å². The lowest BCUT2D eigenvalue weighted by Crippen LogP contribution is -2.48. The van der Waals surface area contributed by atoms with E-state index in [2.05, 4.69) is 64.5 Å². The molecule has 112 valence electrons. The number of hydrogen-bond donors (Lipinski definition) is 0. The number of aromatic nitrogens is 2. The van der Waals surface area contributed by atoms with Gasteiger partial charge in [0.2, 0.25) is 0 Å². The van der Waals surface area contributed by atoms with Crippen molar-refractivity contribution in [3.8, 4) is 11.3 Å². The van der Waals surface area contributed by atoms with E-state index in [1.54, 1.807) is 0 Å². The highest BCUT2D eigenvalue weighted by atomic mass is 15.5. The minimum Gasteiger partial charge on any atom is -0.260 e. The Morgan fingerprint density at radius 3 is 2.33 bits per heavy atom. The van der Waals surface area contributed by atoms with Crippen LogP contribution in [0.1, 0.15) is 33.1 Å². The van der Waals surface area contributed by atoms with E-state index in [1.165, 1.54) is 49.4 Å². The van der Waals surface area contributed by atoms with E-state index in [0.717, 1.165) is 13.1 Å². The van der Waals surface area contributed by atoms with Crippen LogP contribution in [0.3, 0.4) is 0 Å². The van der Waals surface area contributed by atoms with E-state index in [1.807, 2.05) is 0 Å². The van der Waals surface area contributed by atoms with E-state index >= 15 is 0 Å². The van der Waals surface area contributed by atoms with Gasteiger partial charge >= 0.3 is 0 Å². The van der Waals surface area contributed by atoms with Crippen LogP contribution in [-0.2, 0) is 13.1 Å². The Morgan fingerprint density at radius 2 is 1.71 bits per heavy atom. The summed E-state index contributed by atoms with van der Waals surface area (Å²) < 4.78 is 4.85. The molecule has 0 spiro atoms. The van der Waals surface area contributed by atoms with E-state index in [0.29, 0.717) is 0 Å². The highest BCUT2D eigenvalue weighted by molar-refractivity contribution is 5.62. The molecule has 3 heteroatoms. The molecule has 21 heavy (non-hydrogen) atoms. The molecule has 1 aliphatic rings. The minimum atomic E-state index is 1.01. The van der Waals surface area contributed by atoms with Crippen LogP contribution in [0.15, 0.2) is 36.4 Å². The highest BCUT2D eigenvalue weighted by Gasteiger charge is 2.26. The largest absolute Gasteiger partial charge is 0.297 e. The molecule has 1 aromatic carbocycles. The Balaban J connectivity index is 2.06. The third-order valence-corrected chi connectivity index (χ3v) is 4.45. The fourth-order valence-corrected chi connectivity index (χ4v) is 3.42. The van der Waals surface area contributed by atoms with Crippen molar-refractivity contribution in [2.24, 2.45) is 0 Å². The van der Waals surface area contributed by atoms with Crippen LogP contribution in [0.2, 0.25) is 0 Å². The lowest BCUT2D eigenvalue weighted by molar-refractivity contribution is -0.760. The number of nitrogens with zero attached hydrogens (tertiary/aromatic N) is 3. The molecular weight excluding hydrogens is 258 g/mol. The van der Waals surface area contributed by atoms with Gasteiger partial charge in [0.25, 0.3) is 5.82 Å². The lowest BCUT2D eigenvalue weighted by atomic mass is 10.1. The molecule has 3 nitrogen and oxygen atoms in total. The van der Waals surface area contributed by atoms with Crippen molar-refractivity contribution in [2.75, 3.05) is 18.0 Å². The van der Waals surface area contributed by atoms with E-state index in [9.17, 15) is 0 Å². The molecule has 0 saturated carbocycles. The van der Waals surface area contributed by atoms with Gasteiger partial charge in [-0.25, -0.2) is 4.68 Å². The van der Waals surface area contributed by atoms with Crippen molar-refractivity contribution < 1.29 is 4.68 Å². The van der Waals surface area contributed by atoms with Crippen molar-refractivity contribution in [3.63, 3.8) is 0 Å². The average Bonchev–Trinajstić information content (AvgIpc) is 2.95. The molecule has 0 atom stereocenters. The van der Waals surface area contributed by atoms with Crippen LogP contribution in [0.25, 0.3) is 11.3 Å². The van der Waals surface area contributed by atoms with Crippen LogP contribution < -0.4 is 9.58 Å². The molecule has 1 saturated heterocycles. The first kappa shape index (κ1) is 14.2. The molecule has 2 aromatic rings. The molecule has 0 aliphatic carbocycles. The quantitative estimate of drug-likeness (QED) is 0.783. The Morgan fingerprint density at radius 1 is 1.00 bits per heavy atom. The first-order valence-corrected chi connectivity index (χ1v) is 8.29. The number of piperidine rings is 1. The first-order valence-electron chi connectivity index (χ1n) is 8.29. The van der Waals surface area contributed by atoms with Gasteiger partial charge in [0.05, 0.1) is 31.4 Å². The summed E-state index contributed by atoms with van der Waals surface area (Å²) in [6, 6.07) is 13.1. The topological polar surface area (TPSA) is 12.1 Å². The van der Waals surface area contributed by atoms with E-state index < -0.39 is 0 Å².